The molecule has 2 heterocycles. The third kappa shape index (κ3) is 4.56. The summed E-state index contributed by atoms with van der Waals surface area (Å²) in [6.45, 7) is 9.12. The maximum absolute atomic E-state index is 13.2. The van der Waals surface area contributed by atoms with Crippen LogP contribution in [0.3, 0.4) is 0 Å². The number of hydrogen-bond acceptors (Lipinski definition) is 6. The van der Waals surface area contributed by atoms with Gasteiger partial charge in [-0.3, -0.25) is 0 Å². The van der Waals surface area contributed by atoms with Crippen LogP contribution >= 0.6 is 11.6 Å². The zero-order valence-corrected chi connectivity index (χ0v) is 19.2. The molecule has 0 spiro atoms. The van der Waals surface area contributed by atoms with E-state index in [1.807, 2.05) is 27.7 Å². The van der Waals surface area contributed by atoms with Crippen molar-refractivity contribution < 1.29 is 18.3 Å². The van der Waals surface area contributed by atoms with Crippen LogP contribution in [0.4, 0.5) is 5.82 Å². The lowest BCUT2D eigenvalue weighted by Gasteiger charge is -2.47. The molecule has 164 valence electrons. The van der Waals surface area contributed by atoms with Gasteiger partial charge in [0.05, 0.1) is 17.2 Å². The first-order valence-electron chi connectivity index (χ1n) is 10.1. The number of aliphatic hydroxyl groups excluding tert-OH is 1. The average Bonchev–Trinajstić information content (AvgIpc) is 3.09. The maximum atomic E-state index is 13.2. The molecule has 2 aliphatic rings. The van der Waals surface area contributed by atoms with E-state index in [1.165, 1.54) is 16.6 Å². The van der Waals surface area contributed by atoms with Crippen molar-refractivity contribution in [3.05, 3.63) is 17.3 Å². The van der Waals surface area contributed by atoms with Gasteiger partial charge < -0.3 is 15.2 Å². The van der Waals surface area contributed by atoms with Gasteiger partial charge >= 0.3 is 0 Å². The van der Waals surface area contributed by atoms with Crippen molar-refractivity contribution >= 4 is 27.4 Å². The van der Waals surface area contributed by atoms with E-state index in [4.69, 9.17) is 16.3 Å². The largest absolute Gasteiger partial charge is 0.396 e. The SMILES string of the molecule is CC(C)(C)C1(C)CN(S(=O)(=O)c2cnc(N[C@@H]3CCC[C@H]3CO)c(Cl)c2)CCO1. The highest BCUT2D eigenvalue weighted by Crippen LogP contribution is 2.38. The molecule has 1 saturated heterocycles. The van der Waals surface area contributed by atoms with E-state index in [-0.39, 0.29) is 40.4 Å². The molecule has 1 saturated carbocycles. The summed E-state index contributed by atoms with van der Waals surface area (Å²) in [6.07, 6.45) is 4.29. The molecule has 1 aliphatic heterocycles. The van der Waals surface area contributed by atoms with Crippen LogP contribution in [-0.4, -0.2) is 60.8 Å². The zero-order chi connectivity index (χ0) is 21.4. The lowest BCUT2D eigenvalue weighted by atomic mass is 9.77. The molecule has 1 aromatic rings. The minimum atomic E-state index is -3.74. The molecule has 3 atom stereocenters. The first kappa shape index (κ1) is 22.7. The number of morpholine rings is 1. The van der Waals surface area contributed by atoms with Crippen LogP contribution in [-0.2, 0) is 14.8 Å². The van der Waals surface area contributed by atoms with Crippen molar-refractivity contribution in [2.24, 2.45) is 11.3 Å². The lowest BCUT2D eigenvalue weighted by molar-refractivity contribution is -0.138. The van der Waals surface area contributed by atoms with Crippen molar-refractivity contribution in [2.75, 3.05) is 31.6 Å². The first-order valence-corrected chi connectivity index (χ1v) is 12.0. The zero-order valence-electron chi connectivity index (χ0n) is 17.6. The van der Waals surface area contributed by atoms with Crippen LogP contribution in [0, 0.1) is 11.3 Å². The van der Waals surface area contributed by atoms with Gasteiger partial charge in [-0.25, -0.2) is 13.4 Å². The molecule has 2 fully saturated rings. The van der Waals surface area contributed by atoms with E-state index in [0.717, 1.165) is 19.3 Å². The van der Waals surface area contributed by atoms with Gasteiger partial charge in [0.2, 0.25) is 10.0 Å². The molecule has 7 nitrogen and oxygen atoms in total. The maximum Gasteiger partial charge on any atom is 0.244 e. The van der Waals surface area contributed by atoms with Gasteiger partial charge in [-0.15, -0.1) is 0 Å². The predicted molar refractivity (Wildman–Crippen MR) is 114 cm³/mol. The van der Waals surface area contributed by atoms with Crippen molar-refractivity contribution in [3.8, 4) is 0 Å². The molecule has 1 aromatic heterocycles. The van der Waals surface area contributed by atoms with E-state index in [0.29, 0.717) is 19.0 Å². The summed E-state index contributed by atoms with van der Waals surface area (Å²) in [6, 6.07) is 1.55. The van der Waals surface area contributed by atoms with Crippen molar-refractivity contribution in [1.29, 1.82) is 0 Å². The van der Waals surface area contributed by atoms with E-state index < -0.39 is 15.6 Å². The van der Waals surface area contributed by atoms with Crippen molar-refractivity contribution in [2.45, 2.75) is 63.5 Å². The smallest absolute Gasteiger partial charge is 0.244 e. The quantitative estimate of drug-likeness (QED) is 0.723. The number of aromatic nitrogens is 1. The Kier molecular flexibility index (Phi) is 6.51. The number of anilines is 1. The van der Waals surface area contributed by atoms with Crippen LogP contribution in [0.15, 0.2) is 17.2 Å². The second-order valence-corrected chi connectivity index (χ2v) is 11.6. The normalized spacial score (nSPS) is 29.2. The number of nitrogens with one attached hydrogen (secondary N) is 1. The van der Waals surface area contributed by atoms with Crippen LogP contribution in [0.2, 0.25) is 5.02 Å². The van der Waals surface area contributed by atoms with Gasteiger partial charge in [-0.2, -0.15) is 4.31 Å². The van der Waals surface area contributed by atoms with Gasteiger partial charge in [0.25, 0.3) is 0 Å². The highest BCUT2D eigenvalue weighted by Gasteiger charge is 2.45. The highest BCUT2D eigenvalue weighted by atomic mass is 35.5. The van der Waals surface area contributed by atoms with Crippen LogP contribution in [0.1, 0.15) is 47.0 Å². The standard InChI is InChI=1S/C20H32ClN3O4S/c1-19(2,3)20(4)13-24(8-9-28-20)29(26,27)15-10-16(21)18(22-11-15)23-17-7-5-6-14(17)12-25/h10-11,14,17,25H,5-9,12-13H2,1-4H3,(H,22,23)/t14-,17+,20?/m0/s1. The second-order valence-electron chi connectivity index (χ2n) is 9.29. The molecule has 0 amide bonds. The van der Waals surface area contributed by atoms with Gasteiger partial charge in [0, 0.05) is 37.9 Å². The Hall–Kier alpha value is -0.930. The molecule has 1 aliphatic carbocycles. The minimum absolute atomic E-state index is 0.0799. The molecule has 1 unspecified atom stereocenters. The number of aliphatic hydroxyl groups is 1. The van der Waals surface area contributed by atoms with Gasteiger partial charge in [-0.05, 0) is 31.2 Å². The summed E-state index contributed by atoms with van der Waals surface area (Å²) in [5.74, 6) is 0.622. The Labute approximate surface area is 178 Å². The summed E-state index contributed by atoms with van der Waals surface area (Å²) < 4.78 is 33.9. The fourth-order valence-corrected chi connectivity index (χ4v) is 5.70. The number of hydrogen-bond donors (Lipinski definition) is 2. The van der Waals surface area contributed by atoms with Crippen LogP contribution < -0.4 is 5.32 Å². The monoisotopic (exact) mass is 445 g/mol. The van der Waals surface area contributed by atoms with E-state index >= 15 is 0 Å². The molecule has 0 aromatic carbocycles. The van der Waals surface area contributed by atoms with Crippen molar-refractivity contribution in [3.63, 3.8) is 0 Å². The molecular formula is C20H32ClN3O4S. The molecule has 0 bridgehead atoms. The van der Waals surface area contributed by atoms with E-state index in [1.54, 1.807) is 0 Å². The third-order valence-electron chi connectivity index (χ3n) is 6.50. The summed E-state index contributed by atoms with van der Waals surface area (Å²) in [5, 5.41) is 13.0. The van der Waals surface area contributed by atoms with Crippen LogP contribution in [0.25, 0.3) is 0 Å². The summed E-state index contributed by atoms with van der Waals surface area (Å²) in [4.78, 5) is 4.37. The minimum Gasteiger partial charge on any atom is -0.396 e. The number of nitrogens with zero attached hydrogens (tertiary/aromatic N) is 2. The Bertz CT molecular complexity index is 843. The van der Waals surface area contributed by atoms with Gasteiger partial charge in [0.15, 0.2) is 0 Å². The van der Waals surface area contributed by atoms with Crippen molar-refractivity contribution in [1.82, 2.24) is 9.29 Å². The Balaban J connectivity index is 1.80. The third-order valence-corrected chi connectivity index (χ3v) is 8.59. The van der Waals surface area contributed by atoms with Crippen LogP contribution in [0.5, 0.6) is 0 Å². The molecule has 2 N–H and O–H groups in total. The topological polar surface area (TPSA) is 91.8 Å². The van der Waals surface area contributed by atoms with E-state index in [9.17, 15) is 13.5 Å². The van der Waals surface area contributed by atoms with E-state index in [2.05, 4.69) is 10.3 Å². The predicted octanol–water partition coefficient (Wildman–Crippen LogP) is 3.13. The number of pyridine rings is 1. The fourth-order valence-electron chi connectivity index (χ4n) is 3.93. The van der Waals surface area contributed by atoms with Gasteiger partial charge in [-0.1, -0.05) is 38.8 Å². The molecule has 0 radical (unpaired) electrons. The Morgan fingerprint density at radius 3 is 2.76 bits per heavy atom. The fraction of sp³-hybridized carbons (Fsp3) is 0.750. The number of ether oxygens (including phenoxy) is 1. The number of sulfonamides is 1. The Morgan fingerprint density at radius 2 is 2.14 bits per heavy atom. The second kappa shape index (κ2) is 8.30. The summed E-state index contributed by atoms with van der Waals surface area (Å²) in [7, 11) is -3.74. The lowest BCUT2D eigenvalue weighted by Crippen LogP contribution is -2.57. The molecule has 29 heavy (non-hydrogen) atoms. The summed E-state index contributed by atoms with van der Waals surface area (Å²) >= 11 is 6.38. The average molecular weight is 446 g/mol. The number of halogens is 1. The van der Waals surface area contributed by atoms with Gasteiger partial charge in [0.1, 0.15) is 10.7 Å². The highest BCUT2D eigenvalue weighted by molar-refractivity contribution is 7.89. The first-order chi connectivity index (χ1) is 13.5. The summed E-state index contributed by atoms with van der Waals surface area (Å²) in [5.41, 5.74) is -0.797. The molecule has 9 heteroatoms. The number of rotatable bonds is 5. The molecular weight excluding hydrogens is 414 g/mol. The molecule has 3 rings (SSSR count). The Morgan fingerprint density at radius 1 is 1.41 bits per heavy atom.